The Bertz CT molecular complexity index is 1040. The van der Waals surface area contributed by atoms with E-state index in [9.17, 15) is 22.8 Å². The Balaban J connectivity index is 1.26. The van der Waals surface area contributed by atoms with Crippen LogP contribution in [-0.2, 0) is 9.53 Å². The van der Waals surface area contributed by atoms with Gasteiger partial charge in [-0.3, -0.25) is 4.79 Å². The van der Waals surface area contributed by atoms with Crippen LogP contribution in [0.3, 0.4) is 0 Å². The van der Waals surface area contributed by atoms with Crippen molar-refractivity contribution in [1.82, 2.24) is 5.32 Å². The lowest BCUT2D eigenvalue weighted by Crippen LogP contribution is -2.72. The van der Waals surface area contributed by atoms with E-state index in [1.165, 1.54) is 0 Å². The molecule has 0 bridgehead atoms. The molecule has 5 nitrogen and oxygen atoms in total. The first-order chi connectivity index (χ1) is 15.1. The summed E-state index contributed by atoms with van der Waals surface area (Å²) < 4.78 is 46.8. The fourth-order valence-corrected chi connectivity index (χ4v) is 5.87. The van der Waals surface area contributed by atoms with Crippen molar-refractivity contribution >= 4 is 12.1 Å². The van der Waals surface area contributed by atoms with Crippen molar-refractivity contribution in [1.29, 1.82) is 0 Å². The van der Waals surface area contributed by atoms with Crippen LogP contribution in [0.15, 0.2) is 48.5 Å². The summed E-state index contributed by atoms with van der Waals surface area (Å²) in [5, 5.41) is 11.1. The van der Waals surface area contributed by atoms with E-state index >= 15 is 0 Å². The second kappa shape index (κ2) is 6.98. The lowest BCUT2D eigenvalue weighted by atomic mass is 9.45. The van der Waals surface area contributed by atoms with Gasteiger partial charge in [0.25, 0.3) is 0 Å². The Morgan fingerprint density at radius 3 is 2.03 bits per heavy atom. The van der Waals surface area contributed by atoms with Crippen molar-refractivity contribution in [2.45, 2.75) is 43.3 Å². The van der Waals surface area contributed by atoms with Crippen LogP contribution in [0.2, 0.25) is 0 Å². The van der Waals surface area contributed by atoms with E-state index in [0.29, 0.717) is 0 Å². The number of alkyl halides is 3. The van der Waals surface area contributed by atoms with E-state index in [1.54, 1.807) is 0 Å². The van der Waals surface area contributed by atoms with Gasteiger partial charge in [0.15, 0.2) is 0 Å². The molecule has 3 aliphatic rings. The molecule has 0 heterocycles. The number of carboxylic acids is 1. The summed E-state index contributed by atoms with van der Waals surface area (Å²) in [5.41, 5.74) is 0.993. The number of alkyl carbamates (subject to hydrolysis) is 1. The van der Waals surface area contributed by atoms with Crippen molar-refractivity contribution in [3.63, 3.8) is 0 Å². The molecule has 168 valence electrons. The number of carbonyl (C=O) groups excluding carboxylic acids is 1. The Labute approximate surface area is 182 Å². The minimum absolute atomic E-state index is 0.0694. The van der Waals surface area contributed by atoms with Gasteiger partial charge in [-0.2, -0.15) is 13.2 Å². The number of aliphatic carboxylic acids is 1. The molecule has 0 atom stereocenters. The second-order valence-corrected chi connectivity index (χ2v) is 9.33. The van der Waals surface area contributed by atoms with E-state index in [-0.39, 0.29) is 38.2 Å². The van der Waals surface area contributed by atoms with Gasteiger partial charge in [0, 0.05) is 5.92 Å². The van der Waals surface area contributed by atoms with E-state index in [4.69, 9.17) is 9.84 Å². The van der Waals surface area contributed by atoms with Crippen molar-refractivity contribution in [3.05, 3.63) is 59.7 Å². The van der Waals surface area contributed by atoms with Crippen LogP contribution in [0.4, 0.5) is 18.0 Å². The van der Waals surface area contributed by atoms with Gasteiger partial charge in [-0.15, -0.1) is 0 Å². The predicted molar refractivity (Wildman–Crippen MR) is 109 cm³/mol. The molecule has 1 amide bonds. The highest BCUT2D eigenvalue weighted by molar-refractivity contribution is 5.79. The summed E-state index contributed by atoms with van der Waals surface area (Å²) in [6.07, 6.45) is -5.93. The number of hydrogen-bond acceptors (Lipinski definition) is 3. The van der Waals surface area contributed by atoms with E-state index in [2.05, 4.69) is 5.32 Å². The van der Waals surface area contributed by atoms with Crippen molar-refractivity contribution in [2.75, 3.05) is 6.61 Å². The third-order valence-electron chi connectivity index (χ3n) is 7.29. The minimum atomic E-state index is -4.64. The molecule has 5 rings (SSSR count). The van der Waals surface area contributed by atoms with Crippen LogP contribution in [0.5, 0.6) is 0 Å². The molecule has 0 saturated heterocycles. The Morgan fingerprint density at radius 1 is 1.00 bits per heavy atom. The number of ether oxygens (including phenoxy) is 1. The van der Waals surface area contributed by atoms with Crippen LogP contribution in [0.1, 0.15) is 42.7 Å². The van der Waals surface area contributed by atoms with E-state index in [1.807, 2.05) is 48.5 Å². The highest BCUT2D eigenvalue weighted by Gasteiger charge is 2.71. The fraction of sp³-hybridized carbons (Fsp3) is 0.417. The maximum atomic E-state index is 13.8. The Hall–Kier alpha value is -3.03. The highest BCUT2D eigenvalue weighted by Crippen LogP contribution is 2.66. The summed E-state index contributed by atoms with van der Waals surface area (Å²) in [5.74, 6) is -1.83. The molecule has 1 spiro atoms. The number of hydrogen-bond donors (Lipinski definition) is 2. The molecule has 2 aromatic rings. The van der Waals surface area contributed by atoms with Crippen molar-refractivity contribution in [2.24, 2.45) is 11.3 Å². The zero-order valence-electron chi connectivity index (χ0n) is 17.1. The first kappa shape index (κ1) is 20.8. The van der Waals surface area contributed by atoms with Crippen LogP contribution >= 0.6 is 0 Å². The molecule has 2 saturated carbocycles. The number of rotatable bonds is 4. The average Bonchev–Trinajstić information content (AvgIpc) is 3.00. The first-order valence-electron chi connectivity index (χ1n) is 10.6. The lowest BCUT2D eigenvalue weighted by Gasteiger charge is -2.62. The van der Waals surface area contributed by atoms with Crippen LogP contribution < -0.4 is 5.32 Å². The number of amides is 1. The van der Waals surface area contributed by atoms with Gasteiger partial charge >= 0.3 is 18.2 Å². The molecule has 0 radical (unpaired) electrons. The standard InChI is InChI=1S/C24H22F3NO4/c25-24(26,27)23(12-22(13-23)9-14(10-22)20(29)30)28-21(31)32-11-19-17-7-3-1-5-15(17)16-6-2-4-8-18(16)19/h1-8,14,19H,9-13H2,(H,28,31)(H,29,30). The van der Waals surface area contributed by atoms with Gasteiger partial charge < -0.3 is 15.2 Å². The number of carboxylic acid groups (broad SMARTS) is 1. The molecule has 0 aliphatic heterocycles. The minimum Gasteiger partial charge on any atom is -0.481 e. The fourth-order valence-electron chi connectivity index (χ4n) is 5.87. The number of halogens is 3. The van der Waals surface area contributed by atoms with Gasteiger partial charge in [0.2, 0.25) is 0 Å². The normalized spacial score (nSPS) is 28.3. The van der Waals surface area contributed by atoms with Crippen molar-refractivity contribution in [3.8, 4) is 11.1 Å². The molecule has 32 heavy (non-hydrogen) atoms. The van der Waals surface area contributed by atoms with Gasteiger partial charge in [-0.25, -0.2) is 4.79 Å². The molecule has 2 aromatic carbocycles. The summed E-state index contributed by atoms with van der Waals surface area (Å²) in [4.78, 5) is 23.5. The Morgan fingerprint density at radius 2 is 1.53 bits per heavy atom. The number of nitrogens with one attached hydrogen (secondary N) is 1. The summed E-state index contributed by atoms with van der Waals surface area (Å²) in [7, 11) is 0. The van der Waals surface area contributed by atoms with Gasteiger partial charge in [0.1, 0.15) is 12.1 Å². The molecule has 0 unspecified atom stereocenters. The third kappa shape index (κ3) is 3.15. The van der Waals surface area contributed by atoms with Crippen molar-refractivity contribution < 1.29 is 32.6 Å². The van der Waals surface area contributed by atoms with Gasteiger partial charge in [0.05, 0.1) is 5.92 Å². The highest BCUT2D eigenvalue weighted by atomic mass is 19.4. The number of carbonyl (C=O) groups is 2. The molecular formula is C24H22F3NO4. The molecule has 0 aromatic heterocycles. The predicted octanol–water partition coefficient (Wildman–Crippen LogP) is 5.10. The summed E-state index contributed by atoms with van der Waals surface area (Å²) in [6.45, 7) is -0.0694. The first-order valence-corrected chi connectivity index (χ1v) is 10.6. The van der Waals surface area contributed by atoms with E-state index < -0.39 is 35.1 Å². The summed E-state index contributed by atoms with van der Waals surface area (Å²) >= 11 is 0. The molecule has 3 aliphatic carbocycles. The zero-order chi connectivity index (χ0) is 22.7. The lowest BCUT2D eigenvalue weighted by molar-refractivity contribution is -0.262. The maximum absolute atomic E-state index is 13.8. The molecular weight excluding hydrogens is 423 g/mol. The van der Waals surface area contributed by atoms with Crippen LogP contribution in [0.25, 0.3) is 11.1 Å². The largest absolute Gasteiger partial charge is 0.481 e. The third-order valence-corrected chi connectivity index (χ3v) is 7.29. The average molecular weight is 445 g/mol. The van der Waals surface area contributed by atoms with Crippen LogP contribution in [-0.4, -0.2) is 35.5 Å². The van der Waals surface area contributed by atoms with Crippen LogP contribution in [0, 0.1) is 11.3 Å². The smallest absolute Gasteiger partial charge is 0.411 e. The zero-order valence-corrected chi connectivity index (χ0v) is 17.1. The number of fused-ring (bicyclic) bond motifs is 3. The van der Waals surface area contributed by atoms with E-state index in [0.717, 1.165) is 22.3 Å². The van der Waals surface area contributed by atoms with Gasteiger partial charge in [-0.1, -0.05) is 48.5 Å². The molecule has 2 fully saturated rings. The van der Waals surface area contributed by atoms with Gasteiger partial charge in [-0.05, 0) is 53.4 Å². The monoisotopic (exact) mass is 445 g/mol. The molecule has 8 heteroatoms. The number of benzene rings is 2. The quantitative estimate of drug-likeness (QED) is 0.687. The topological polar surface area (TPSA) is 75.6 Å². The molecule has 2 N–H and O–H groups in total. The SMILES string of the molecule is O=C(NC1(C(F)(F)F)CC2(CC(C(=O)O)C2)C1)OCC1c2ccccc2-c2ccccc21. The second-order valence-electron chi connectivity index (χ2n) is 9.33. The Kier molecular flexibility index (Phi) is 4.55. The summed E-state index contributed by atoms with van der Waals surface area (Å²) in [6, 6.07) is 15.4. The maximum Gasteiger partial charge on any atom is 0.411 e.